The van der Waals surface area contributed by atoms with E-state index in [9.17, 15) is 0 Å². The molecule has 2 heteroatoms. The van der Waals surface area contributed by atoms with Gasteiger partial charge in [-0.1, -0.05) is 46.5 Å². The second-order valence-corrected chi connectivity index (χ2v) is 9.63. The van der Waals surface area contributed by atoms with Crippen LogP contribution in [0.5, 0.6) is 0 Å². The van der Waals surface area contributed by atoms with Gasteiger partial charge in [-0.3, -0.25) is 0 Å². The molecule has 1 aromatic carbocycles. The summed E-state index contributed by atoms with van der Waals surface area (Å²) in [5.41, 5.74) is 4.46. The highest BCUT2D eigenvalue weighted by molar-refractivity contribution is 14.1. The number of fused-ring (bicyclic) bond motifs is 3. The molecule has 0 radical (unpaired) electrons. The summed E-state index contributed by atoms with van der Waals surface area (Å²) in [5.74, 6) is 2.64. The van der Waals surface area contributed by atoms with E-state index in [1.165, 1.54) is 71.5 Å². The zero-order valence-corrected chi connectivity index (χ0v) is 17.7. The van der Waals surface area contributed by atoms with Crippen molar-refractivity contribution in [1.82, 2.24) is 4.98 Å². The SMILES string of the molecule is CC(C)CCCC(C)CCC1CCc2c([nH]c3ccc(I)cc23)C1. The van der Waals surface area contributed by atoms with Crippen LogP contribution >= 0.6 is 22.6 Å². The second kappa shape index (κ2) is 8.25. The van der Waals surface area contributed by atoms with E-state index in [2.05, 4.69) is 66.5 Å². The molecule has 0 fully saturated rings. The van der Waals surface area contributed by atoms with Gasteiger partial charge < -0.3 is 4.98 Å². The molecule has 132 valence electrons. The minimum absolute atomic E-state index is 0.860. The van der Waals surface area contributed by atoms with E-state index in [0.29, 0.717) is 0 Å². The second-order valence-electron chi connectivity index (χ2n) is 8.39. The Morgan fingerprint density at radius 3 is 2.79 bits per heavy atom. The molecule has 1 N–H and O–H groups in total. The first-order valence-electron chi connectivity index (χ1n) is 9.82. The number of hydrogen-bond donors (Lipinski definition) is 1. The molecular formula is C22H32IN. The standard InChI is InChI=1S/C22H32IN/c1-15(2)5-4-6-16(3)7-8-17-9-11-19-20-14-18(23)10-12-21(20)24-22(19)13-17/h10,12,14-17,24H,4-9,11,13H2,1-3H3. The number of halogens is 1. The van der Waals surface area contributed by atoms with Crippen LogP contribution in [-0.2, 0) is 12.8 Å². The monoisotopic (exact) mass is 437 g/mol. The fraction of sp³-hybridized carbons (Fsp3) is 0.636. The van der Waals surface area contributed by atoms with E-state index in [1.807, 2.05) is 0 Å². The molecule has 1 nitrogen and oxygen atoms in total. The minimum atomic E-state index is 0.860. The Hall–Kier alpha value is -0.510. The van der Waals surface area contributed by atoms with Crippen LogP contribution in [0.3, 0.4) is 0 Å². The zero-order chi connectivity index (χ0) is 17.1. The normalized spacial score (nSPS) is 19.0. The van der Waals surface area contributed by atoms with Gasteiger partial charge in [-0.25, -0.2) is 0 Å². The van der Waals surface area contributed by atoms with Crippen LogP contribution in [0, 0.1) is 21.3 Å². The van der Waals surface area contributed by atoms with Crippen molar-refractivity contribution in [1.29, 1.82) is 0 Å². The van der Waals surface area contributed by atoms with Gasteiger partial charge in [0, 0.05) is 20.2 Å². The summed E-state index contributed by atoms with van der Waals surface area (Å²) in [6.45, 7) is 7.14. The summed E-state index contributed by atoms with van der Waals surface area (Å²) >= 11 is 2.43. The van der Waals surface area contributed by atoms with Crippen LogP contribution in [0.4, 0.5) is 0 Å². The van der Waals surface area contributed by atoms with E-state index in [4.69, 9.17) is 0 Å². The maximum atomic E-state index is 3.70. The van der Waals surface area contributed by atoms with Gasteiger partial charge in [-0.15, -0.1) is 0 Å². The van der Waals surface area contributed by atoms with Crippen molar-refractivity contribution >= 4 is 33.5 Å². The average molecular weight is 437 g/mol. The molecular weight excluding hydrogens is 405 g/mol. The summed E-state index contributed by atoms with van der Waals surface area (Å²) in [6, 6.07) is 6.81. The summed E-state index contributed by atoms with van der Waals surface area (Å²) in [7, 11) is 0. The number of H-pyrrole nitrogens is 1. The highest BCUT2D eigenvalue weighted by Gasteiger charge is 2.22. The van der Waals surface area contributed by atoms with Gasteiger partial charge in [0.1, 0.15) is 0 Å². The average Bonchev–Trinajstić information content (AvgIpc) is 2.89. The van der Waals surface area contributed by atoms with Crippen LogP contribution in [0.2, 0.25) is 0 Å². The lowest BCUT2D eigenvalue weighted by Gasteiger charge is -2.24. The van der Waals surface area contributed by atoms with Crippen molar-refractivity contribution in [2.75, 3.05) is 0 Å². The maximum Gasteiger partial charge on any atom is 0.0459 e. The van der Waals surface area contributed by atoms with Crippen molar-refractivity contribution in [3.05, 3.63) is 33.0 Å². The fourth-order valence-electron chi connectivity index (χ4n) is 4.26. The highest BCUT2D eigenvalue weighted by atomic mass is 127. The summed E-state index contributed by atoms with van der Waals surface area (Å²) < 4.78 is 1.35. The lowest BCUT2D eigenvalue weighted by Crippen LogP contribution is -2.14. The van der Waals surface area contributed by atoms with Gasteiger partial charge in [0.05, 0.1) is 0 Å². The molecule has 1 aromatic heterocycles. The molecule has 0 amide bonds. The van der Waals surface area contributed by atoms with Crippen LogP contribution in [0.15, 0.2) is 18.2 Å². The molecule has 2 unspecified atom stereocenters. The molecule has 0 aliphatic heterocycles. The molecule has 0 saturated carbocycles. The van der Waals surface area contributed by atoms with Crippen molar-refractivity contribution in [3.8, 4) is 0 Å². The minimum Gasteiger partial charge on any atom is -0.358 e. The van der Waals surface area contributed by atoms with Crippen molar-refractivity contribution in [2.24, 2.45) is 17.8 Å². The molecule has 2 atom stereocenters. The van der Waals surface area contributed by atoms with Gasteiger partial charge in [0.25, 0.3) is 0 Å². The van der Waals surface area contributed by atoms with E-state index in [-0.39, 0.29) is 0 Å². The van der Waals surface area contributed by atoms with Gasteiger partial charge in [-0.2, -0.15) is 0 Å². The quantitative estimate of drug-likeness (QED) is 0.444. The Labute approximate surface area is 161 Å². The Morgan fingerprint density at radius 2 is 2.00 bits per heavy atom. The van der Waals surface area contributed by atoms with Crippen LogP contribution in [0.1, 0.15) is 70.6 Å². The molecule has 1 aliphatic carbocycles. The third kappa shape index (κ3) is 4.56. The zero-order valence-electron chi connectivity index (χ0n) is 15.5. The third-order valence-electron chi connectivity index (χ3n) is 5.80. The first-order valence-corrected chi connectivity index (χ1v) is 10.9. The number of aromatic nitrogens is 1. The molecule has 2 aromatic rings. The number of hydrogen-bond acceptors (Lipinski definition) is 0. The number of nitrogens with one attached hydrogen (secondary N) is 1. The van der Waals surface area contributed by atoms with Crippen LogP contribution in [-0.4, -0.2) is 4.98 Å². The first-order chi connectivity index (χ1) is 11.5. The van der Waals surface area contributed by atoms with Crippen LogP contribution < -0.4 is 0 Å². The molecule has 1 heterocycles. The Balaban J connectivity index is 1.53. The van der Waals surface area contributed by atoms with E-state index < -0.39 is 0 Å². The topological polar surface area (TPSA) is 15.8 Å². The van der Waals surface area contributed by atoms with Gasteiger partial charge in [-0.05, 0) is 89.8 Å². The summed E-state index contributed by atoms with van der Waals surface area (Å²) in [5, 5.41) is 1.47. The van der Waals surface area contributed by atoms with E-state index >= 15 is 0 Å². The van der Waals surface area contributed by atoms with Crippen molar-refractivity contribution < 1.29 is 0 Å². The number of aryl methyl sites for hydroxylation is 1. The highest BCUT2D eigenvalue weighted by Crippen LogP contribution is 2.34. The number of benzene rings is 1. The first kappa shape index (κ1) is 18.3. The molecule has 24 heavy (non-hydrogen) atoms. The predicted octanol–water partition coefficient (Wildman–Crippen LogP) is 7.12. The maximum absolute atomic E-state index is 3.70. The molecule has 0 bridgehead atoms. The molecule has 0 saturated heterocycles. The Bertz CT molecular complexity index is 670. The van der Waals surface area contributed by atoms with E-state index in [0.717, 1.165) is 17.8 Å². The predicted molar refractivity (Wildman–Crippen MR) is 114 cm³/mol. The Morgan fingerprint density at radius 1 is 1.17 bits per heavy atom. The summed E-state index contributed by atoms with van der Waals surface area (Å²) in [4.78, 5) is 3.70. The lowest BCUT2D eigenvalue weighted by molar-refractivity contribution is 0.353. The lowest BCUT2D eigenvalue weighted by atomic mass is 9.82. The van der Waals surface area contributed by atoms with Gasteiger partial charge >= 0.3 is 0 Å². The molecule has 1 aliphatic rings. The van der Waals surface area contributed by atoms with Crippen molar-refractivity contribution in [3.63, 3.8) is 0 Å². The molecule has 0 spiro atoms. The largest absolute Gasteiger partial charge is 0.358 e. The number of rotatable bonds is 7. The Kier molecular flexibility index (Phi) is 6.28. The summed E-state index contributed by atoms with van der Waals surface area (Å²) in [6.07, 6.45) is 11.0. The fourth-order valence-corrected chi connectivity index (χ4v) is 4.75. The molecule has 3 rings (SSSR count). The van der Waals surface area contributed by atoms with Crippen LogP contribution in [0.25, 0.3) is 10.9 Å². The third-order valence-corrected chi connectivity index (χ3v) is 6.47. The van der Waals surface area contributed by atoms with Crippen molar-refractivity contribution in [2.45, 2.75) is 72.1 Å². The van der Waals surface area contributed by atoms with Gasteiger partial charge in [0.15, 0.2) is 0 Å². The van der Waals surface area contributed by atoms with E-state index in [1.54, 1.807) is 5.56 Å². The smallest absolute Gasteiger partial charge is 0.0459 e. The van der Waals surface area contributed by atoms with Gasteiger partial charge in [0.2, 0.25) is 0 Å². The number of aromatic amines is 1.